The topological polar surface area (TPSA) is 49.3 Å². The first kappa shape index (κ1) is 13.6. The smallest absolute Gasteiger partial charge is 0.337 e. The lowest BCUT2D eigenvalue weighted by atomic mass is 10.1. The Balaban J connectivity index is 2.80. The van der Waals surface area contributed by atoms with Gasteiger partial charge in [0, 0.05) is 11.7 Å². The Morgan fingerprint density at radius 2 is 1.82 bits per heavy atom. The van der Waals surface area contributed by atoms with Gasteiger partial charge >= 0.3 is 5.97 Å². The number of para-hydroxylation sites is 1. The van der Waals surface area contributed by atoms with E-state index in [2.05, 4.69) is 19.2 Å². The lowest BCUT2D eigenvalue weighted by molar-refractivity contribution is 0.0698. The number of nitrogens with one attached hydrogen (secondary N) is 1. The van der Waals surface area contributed by atoms with Crippen LogP contribution >= 0.6 is 0 Å². The fourth-order valence-corrected chi connectivity index (χ4v) is 2.00. The van der Waals surface area contributed by atoms with Crippen LogP contribution in [0.25, 0.3) is 0 Å². The molecule has 0 fully saturated rings. The molecule has 94 valence electrons. The van der Waals surface area contributed by atoms with Crippen molar-refractivity contribution in [3.63, 3.8) is 0 Å². The molecule has 0 unspecified atom stereocenters. The molecule has 0 amide bonds. The predicted octanol–water partition coefficient (Wildman–Crippen LogP) is 3.77. The minimum Gasteiger partial charge on any atom is -0.478 e. The highest BCUT2D eigenvalue weighted by Crippen LogP contribution is 2.19. The highest BCUT2D eigenvalue weighted by atomic mass is 16.4. The van der Waals surface area contributed by atoms with Crippen LogP contribution in [0.1, 0.15) is 49.9 Å². The standard InChI is InChI=1S/C14H21NO2/c1-3-7-11(8-4-2)15-13-10-6-5-9-12(13)14(16)17/h5-6,9-11,15H,3-4,7-8H2,1-2H3,(H,16,17). The molecule has 3 nitrogen and oxygen atoms in total. The first-order valence-electron chi connectivity index (χ1n) is 6.27. The summed E-state index contributed by atoms with van der Waals surface area (Å²) in [5.41, 5.74) is 1.08. The van der Waals surface area contributed by atoms with E-state index in [0.29, 0.717) is 11.6 Å². The van der Waals surface area contributed by atoms with Crippen LogP contribution < -0.4 is 5.32 Å². The molecule has 17 heavy (non-hydrogen) atoms. The van der Waals surface area contributed by atoms with Gasteiger partial charge in [-0.15, -0.1) is 0 Å². The number of hydrogen-bond donors (Lipinski definition) is 2. The molecule has 0 aromatic heterocycles. The second-order valence-corrected chi connectivity index (χ2v) is 4.27. The Hall–Kier alpha value is -1.51. The number of rotatable bonds is 7. The Labute approximate surface area is 103 Å². The molecule has 1 aromatic carbocycles. The van der Waals surface area contributed by atoms with Crippen molar-refractivity contribution in [2.75, 3.05) is 5.32 Å². The quantitative estimate of drug-likeness (QED) is 0.756. The van der Waals surface area contributed by atoms with Gasteiger partial charge in [0.1, 0.15) is 0 Å². The molecule has 0 bridgehead atoms. The molecule has 0 saturated heterocycles. The van der Waals surface area contributed by atoms with E-state index >= 15 is 0 Å². The summed E-state index contributed by atoms with van der Waals surface area (Å²) in [6, 6.07) is 7.46. The van der Waals surface area contributed by atoms with E-state index in [1.165, 1.54) is 0 Å². The normalized spacial score (nSPS) is 10.5. The van der Waals surface area contributed by atoms with Gasteiger partial charge in [-0.25, -0.2) is 4.79 Å². The van der Waals surface area contributed by atoms with Crippen LogP contribution in [-0.4, -0.2) is 17.1 Å². The van der Waals surface area contributed by atoms with E-state index in [0.717, 1.165) is 31.4 Å². The number of hydrogen-bond acceptors (Lipinski definition) is 2. The average molecular weight is 235 g/mol. The molecule has 0 aliphatic carbocycles. The molecule has 0 aliphatic heterocycles. The molecular formula is C14H21NO2. The molecule has 0 radical (unpaired) electrons. The van der Waals surface area contributed by atoms with Crippen molar-refractivity contribution in [1.29, 1.82) is 0 Å². The molecule has 0 atom stereocenters. The minimum absolute atomic E-state index is 0.352. The second kappa shape index (κ2) is 6.94. The maximum Gasteiger partial charge on any atom is 0.337 e. The number of carbonyl (C=O) groups is 1. The van der Waals surface area contributed by atoms with E-state index in [4.69, 9.17) is 5.11 Å². The maximum absolute atomic E-state index is 11.1. The van der Waals surface area contributed by atoms with Crippen molar-refractivity contribution < 1.29 is 9.90 Å². The van der Waals surface area contributed by atoms with Gasteiger partial charge in [0.15, 0.2) is 0 Å². The Bertz CT molecular complexity index is 357. The van der Waals surface area contributed by atoms with Gasteiger partial charge in [0.05, 0.1) is 5.56 Å². The Morgan fingerprint density at radius 1 is 1.24 bits per heavy atom. The van der Waals surface area contributed by atoms with Crippen LogP contribution in [0.3, 0.4) is 0 Å². The largest absolute Gasteiger partial charge is 0.478 e. The molecule has 1 aromatic rings. The van der Waals surface area contributed by atoms with Crippen molar-refractivity contribution >= 4 is 11.7 Å². The van der Waals surface area contributed by atoms with E-state index < -0.39 is 5.97 Å². The molecule has 0 heterocycles. The monoisotopic (exact) mass is 235 g/mol. The Kier molecular flexibility index (Phi) is 5.53. The van der Waals surface area contributed by atoms with Gasteiger partial charge in [-0.05, 0) is 25.0 Å². The van der Waals surface area contributed by atoms with Gasteiger partial charge in [0.25, 0.3) is 0 Å². The van der Waals surface area contributed by atoms with E-state index in [9.17, 15) is 4.79 Å². The lowest BCUT2D eigenvalue weighted by Gasteiger charge is -2.19. The zero-order chi connectivity index (χ0) is 12.7. The highest BCUT2D eigenvalue weighted by Gasteiger charge is 2.12. The van der Waals surface area contributed by atoms with Crippen molar-refractivity contribution in [2.24, 2.45) is 0 Å². The van der Waals surface area contributed by atoms with Crippen LogP contribution in [0.2, 0.25) is 0 Å². The lowest BCUT2D eigenvalue weighted by Crippen LogP contribution is -2.20. The summed E-state index contributed by atoms with van der Waals surface area (Å²) in [6.45, 7) is 4.29. The summed E-state index contributed by atoms with van der Waals surface area (Å²) in [5, 5.41) is 12.4. The molecule has 0 spiro atoms. The number of aromatic carboxylic acids is 1. The van der Waals surface area contributed by atoms with Crippen LogP contribution in [-0.2, 0) is 0 Å². The van der Waals surface area contributed by atoms with Crippen molar-refractivity contribution in [2.45, 2.75) is 45.6 Å². The van der Waals surface area contributed by atoms with Crippen LogP contribution in [0, 0.1) is 0 Å². The van der Waals surface area contributed by atoms with Crippen LogP contribution in [0.4, 0.5) is 5.69 Å². The van der Waals surface area contributed by atoms with Crippen molar-refractivity contribution in [1.82, 2.24) is 0 Å². The first-order chi connectivity index (χ1) is 8.19. The Morgan fingerprint density at radius 3 is 2.35 bits per heavy atom. The summed E-state index contributed by atoms with van der Waals surface area (Å²) in [5.74, 6) is -0.875. The number of carboxylic acid groups (broad SMARTS) is 1. The van der Waals surface area contributed by atoms with Crippen LogP contribution in [0.15, 0.2) is 24.3 Å². The van der Waals surface area contributed by atoms with Gasteiger partial charge < -0.3 is 10.4 Å². The number of anilines is 1. The fraction of sp³-hybridized carbons (Fsp3) is 0.500. The summed E-state index contributed by atoms with van der Waals surface area (Å²) >= 11 is 0. The average Bonchev–Trinajstić information content (AvgIpc) is 2.30. The molecule has 0 aliphatic rings. The summed E-state index contributed by atoms with van der Waals surface area (Å²) in [4.78, 5) is 11.1. The van der Waals surface area contributed by atoms with E-state index in [1.807, 2.05) is 12.1 Å². The summed E-state index contributed by atoms with van der Waals surface area (Å²) < 4.78 is 0. The number of carboxylic acids is 1. The molecule has 2 N–H and O–H groups in total. The van der Waals surface area contributed by atoms with E-state index in [1.54, 1.807) is 12.1 Å². The zero-order valence-corrected chi connectivity index (χ0v) is 10.6. The van der Waals surface area contributed by atoms with Crippen LogP contribution in [0.5, 0.6) is 0 Å². The van der Waals surface area contributed by atoms with Gasteiger partial charge in [-0.3, -0.25) is 0 Å². The third-order valence-corrected chi connectivity index (χ3v) is 2.79. The highest BCUT2D eigenvalue weighted by molar-refractivity contribution is 5.94. The molecular weight excluding hydrogens is 214 g/mol. The second-order valence-electron chi connectivity index (χ2n) is 4.27. The maximum atomic E-state index is 11.1. The van der Waals surface area contributed by atoms with Crippen molar-refractivity contribution in [3.05, 3.63) is 29.8 Å². The SMILES string of the molecule is CCCC(CCC)Nc1ccccc1C(=O)O. The van der Waals surface area contributed by atoms with Gasteiger partial charge in [-0.1, -0.05) is 38.8 Å². The molecule has 1 rings (SSSR count). The summed E-state index contributed by atoms with van der Waals surface area (Å²) in [7, 11) is 0. The molecule has 3 heteroatoms. The van der Waals surface area contributed by atoms with Gasteiger partial charge in [0.2, 0.25) is 0 Å². The summed E-state index contributed by atoms with van der Waals surface area (Å²) in [6.07, 6.45) is 4.35. The number of benzene rings is 1. The predicted molar refractivity (Wildman–Crippen MR) is 70.6 cm³/mol. The third-order valence-electron chi connectivity index (χ3n) is 2.79. The fourth-order valence-electron chi connectivity index (χ4n) is 2.00. The third kappa shape index (κ3) is 4.10. The van der Waals surface area contributed by atoms with Crippen molar-refractivity contribution in [3.8, 4) is 0 Å². The minimum atomic E-state index is -0.875. The molecule has 0 saturated carbocycles. The van der Waals surface area contributed by atoms with E-state index in [-0.39, 0.29) is 0 Å². The first-order valence-corrected chi connectivity index (χ1v) is 6.27. The zero-order valence-electron chi connectivity index (χ0n) is 10.6. The van der Waals surface area contributed by atoms with Gasteiger partial charge in [-0.2, -0.15) is 0 Å².